The number of nitriles is 1. The van der Waals surface area contributed by atoms with Gasteiger partial charge in [-0.05, 0) is 36.5 Å². The lowest BCUT2D eigenvalue weighted by Gasteiger charge is -2.36. The van der Waals surface area contributed by atoms with Gasteiger partial charge in [0.15, 0.2) is 0 Å². The van der Waals surface area contributed by atoms with Crippen LogP contribution in [0.4, 0.5) is 5.69 Å². The maximum atomic E-state index is 10.3. The fourth-order valence-electron chi connectivity index (χ4n) is 4.40. The van der Waals surface area contributed by atoms with Crippen LogP contribution in [0.25, 0.3) is 0 Å². The highest BCUT2D eigenvalue weighted by molar-refractivity contribution is 5.66. The Hall–Kier alpha value is -2.34. The summed E-state index contributed by atoms with van der Waals surface area (Å²) in [7, 11) is 0. The Kier molecular flexibility index (Phi) is 3.53. The number of aromatic nitrogens is 1. The fraction of sp³-hybridized carbons (Fsp3) is 0.400. The molecular formula is C20H21N3. The van der Waals surface area contributed by atoms with E-state index in [2.05, 4.69) is 34.6 Å². The van der Waals surface area contributed by atoms with Crippen LogP contribution in [0.5, 0.6) is 0 Å². The Labute approximate surface area is 137 Å². The number of pyridine rings is 1. The summed E-state index contributed by atoms with van der Waals surface area (Å²) < 4.78 is 0. The molecule has 1 aliphatic carbocycles. The number of nitrogens with zero attached hydrogens (tertiary/aromatic N) is 2. The van der Waals surface area contributed by atoms with Crippen molar-refractivity contribution in [1.82, 2.24) is 4.98 Å². The topological polar surface area (TPSA) is 48.7 Å². The van der Waals surface area contributed by atoms with Crippen LogP contribution in [0.15, 0.2) is 48.7 Å². The first kappa shape index (κ1) is 14.3. The van der Waals surface area contributed by atoms with E-state index in [9.17, 15) is 5.26 Å². The van der Waals surface area contributed by atoms with Gasteiger partial charge < -0.3 is 5.32 Å². The molecule has 1 fully saturated rings. The quantitative estimate of drug-likeness (QED) is 0.901. The minimum absolute atomic E-state index is 0.111. The van der Waals surface area contributed by atoms with E-state index < -0.39 is 5.41 Å². The SMILES string of the molecule is N#C[C@@]1(c2ccccc2)c2ncccc2N[C@H]1C1CCCCC1. The Balaban J connectivity index is 1.88. The van der Waals surface area contributed by atoms with Crippen molar-refractivity contribution in [3.05, 3.63) is 59.9 Å². The molecule has 4 rings (SSSR count). The zero-order chi connectivity index (χ0) is 15.7. The predicted molar refractivity (Wildman–Crippen MR) is 91.1 cm³/mol. The van der Waals surface area contributed by atoms with Crippen LogP contribution in [0.2, 0.25) is 0 Å². The number of hydrogen-bond donors (Lipinski definition) is 1. The number of anilines is 1. The van der Waals surface area contributed by atoms with E-state index in [0.29, 0.717) is 5.92 Å². The highest BCUT2D eigenvalue weighted by Gasteiger charge is 2.53. The molecule has 1 aromatic heterocycles. The molecule has 1 aliphatic heterocycles. The second-order valence-electron chi connectivity index (χ2n) is 6.71. The van der Waals surface area contributed by atoms with Gasteiger partial charge in [0.1, 0.15) is 5.41 Å². The first-order chi connectivity index (χ1) is 11.4. The van der Waals surface area contributed by atoms with Gasteiger partial charge in [0.25, 0.3) is 0 Å². The summed E-state index contributed by atoms with van der Waals surface area (Å²) >= 11 is 0. The van der Waals surface area contributed by atoms with Gasteiger partial charge >= 0.3 is 0 Å². The largest absolute Gasteiger partial charge is 0.378 e. The molecule has 0 spiro atoms. The van der Waals surface area contributed by atoms with Crippen LogP contribution in [0.1, 0.15) is 43.4 Å². The molecule has 0 unspecified atom stereocenters. The van der Waals surface area contributed by atoms with E-state index in [0.717, 1.165) is 16.9 Å². The van der Waals surface area contributed by atoms with E-state index in [1.54, 1.807) is 6.20 Å². The molecule has 2 aromatic rings. The molecule has 1 aromatic carbocycles. The summed E-state index contributed by atoms with van der Waals surface area (Å²) in [6.45, 7) is 0. The molecule has 0 radical (unpaired) electrons. The maximum Gasteiger partial charge on any atom is 0.146 e. The van der Waals surface area contributed by atoms with E-state index >= 15 is 0 Å². The first-order valence-electron chi connectivity index (χ1n) is 8.55. The zero-order valence-electron chi connectivity index (χ0n) is 13.2. The number of nitrogens with one attached hydrogen (secondary N) is 1. The van der Waals surface area contributed by atoms with Crippen LogP contribution in [0, 0.1) is 17.2 Å². The molecule has 2 atom stereocenters. The number of benzene rings is 1. The first-order valence-corrected chi connectivity index (χ1v) is 8.55. The van der Waals surface area contributed by atoms with E-state index in [1.807, 2.05) is 24.3 Å². The Bertz CT molecular complexity index is 728. The second-order valence-corrected chi connectivity index (χ2v) is 6.71. The number of fused-ring (bicyclic) bond motifs is 1. The maximum absolute atomic E-state index is 10.3. The van der Waals surface area contributed by atoms with E-state index in [-0.39, 0.29) is 6.04 Å². The molecule has 3 heteroatoms. The molecule has 0 bridgehead atoms. The molecule has 1 saturated carbocycles. The summed E-state index contributed by atoms with van der Waals surface area (Å²) in [6.07, 6.45) is 8.05. The summed E-state index contributed by atoms with van der Waals surface area (Å²) in [5.41, 5.74) is 2.29. The van der Waals surface area contributed by atoms with Crippen LogP contribution in [0.3, 0.4) is 0 Å². The lowest BCUT2D eigenvalue weighted by atomic mass is 9.67. The smallest absolute Gasteiger partial charge is 0.146 e. The monoisotopic (exact) mass is 303 g/mol. The van der Waals surface area contributed by atoms with Crippen LogP contribution >= 0.6 is 0 Å². The van der Waals surface area contributed by atoms with Crippen molar-refractivity contribution in [1.29, 1.82) is 5.26 Å². The second kappa shape index (κ2) is 5.70. The number of rotatable bonds is 2. The van der Waals surface area contributed by atoms with Crippen LogP contribution in [-0.2, 0) is 5.41 Å². The third-order valence-electron chi connectivity index (χ3n) is 5.49. The predicted octanol–water partition coefficient (Wildman–Crippen LogP) is 4.27. The molecule has 1 N–H and O–H groups in total. The molecule has 0 saturated heterocycles. The average molecular weight is 303 g/mol. The Morgan fingerprint density at radius 3 is 2.57 bits per heavy atom. The van der Waals surface area contributed by atoms with Crippen molar-refractivity contribution in [2.24, 2.45) is 5.92 Å². The lowest BCUT2D eigenvalue weighted by molar-refractivity contribution is 0.286. The van der Waals surface area contributed by atoms with Gasteiger partial charge in [-0.1, -0.05) is 49.6 Å². The summed E-state index contributed by atoms with van der Waals surface area (Å²) in [4.78, 5) is 4.62. The van der Waals surface area contributed by atoms with Gasteiger partial charge in [-0.2, -0.15) is 5.26 Å². The molecule has 23 heavy (non-hydrogen) atoms. The van der Waals surface area contributed by atoms with Crippen molar-refractivity contribution < 1.29 is 0 Å². The van der Waals surface area contributed by atoms with Crippen LogP contribution < -0.4 is 5.32 Å². The van der Waals surface area contributed by atoms with Crippen molar-refractivity contribution in [3.63, 3.8) is 0 Å². The van der Waals surface area contributed by atoms with Gasteiger partial charge in [0, 0.05) is 6.20 Å². The van der Waals surface area contributed by atoms with Gasteiger partial charge in [-0.25, -0.2) is 0 Å². The van der Waals surface area contributed by atoms with Gasteiger partial charge in [-0.15, -0.1) is 0 Å². The third kappa shape index (κ3) is 2.13. The van der Waals surface area contributed by atoms with Crippen molar-refractivity contribution in [3.8, 4) is 6.07 Å². The highest BCUT2D eigenvalue weighted by atomic mass is 15.0. The standard InChI is InChI=1S/C20H21N3/c21-14-20(16-10-5-2-6-11-16)18(15-8-3-1-4-9-15)23-17-12-7-13-22-19(17)20/h2,5-7,10-13,15,18,23H,1,3-4,8-9H2/t18-,20-/m0/s1. The summed E-state index contributed by atoms with van der Waals surface area (Å²) in [6, 6.07) is 17.0. The minimum Gasteiger partial charge on any atom is -0.378 e. The summed E-state index contributed by atoms with van der Waals surface area (Å²) in [5, 5.41) is 13.9. The molecule has 2 aliphatic rings. The van der Waals surface area contributed by atoms with E-state index in [4.69, 9.17) is 0 Å². The Morgan fingerprint density at radius 1 is 1.04 bits per heavy atom. The molecule has 0 amide bonds. The normalized spacial score (nSPS) is 27.0. The van der Waals surface area contributed by atoms with Gasteiger partial charge in [-0.3, -0.25) is 4.98 Å². The van der Waals surface area contributed by atoms with E-state index in [1.165, 1.54) is 32.1 Å². The van der Waals surface area contributed by atoms with Crippen molar-refractivity contribution in [2.75, 3.05) is 5.32 Å². The highest BCUT2D eigenvalue weighted by Crippen LogP contribution is 2.49. The van der Waals surface area contributed by atoms with Gasteiger partial charge in [0.05, 0.1) is 23.5 Å². The number of hydrogen-bond acceptors (Lipinski definition) is 3. The van der Waals surface area contributed by atoms with Crippen LogP contribution in [-0.4, -0.2) is 11.0 Å². The minimum atomic E-state index is -0.681. The lowest BCUT2D eigenvalue weighted by Crippen LogP contribution is -2.45. The summed E-state index contributed by atoms with van der Waals surface area (Å²) in [5.74, 6) is 0.526. The third-order valence-corrected chi connectivity index (χ3v) is 5.49. The fourth-order valence-corrected chi connectivity index (χ4v) is 4.40. The average Bonchev–Trinajstić information content (AvgIpc) is 2.98. The van der Waals surface area contributed by atoms with Crippen molar-refractivity contribution >= 4 is 5.69 Å². The molecule has 3 nitrogen and oxygen atoms in total. The Morgan fingerprint density at radius 2 is 1.83 bits per heavy atom. The molecular weight excluding hydrogens is 282 g/mol. The van der Waals surface area contributed by atoms with Gasteiger partial charge in [0.2, 0.25) is 0 Å². The van der Waals surface area contributed by atoms with Crippen molar-refractivity contribution in [2.45, 2.75) is 43.6 Å². The molecule has 2 heterocycles. The zero-order valence-corrected chi connectivity index (χ0v) is 13.2. The molecule has 116 valence electrons.